The van der Waals surface area contributed by atoms with E-state index in [2.05, 4.69) is 20.0 Å². The van der Waals surface area contributed by atoms with Crippen molar-refractivity contribution in [1.29, 1.82) is 0 Å². The van der Waals surface area contributed by atoms with Gasteiger partial charge in [0.2, 0.25) is 10.0 Å². The van der Waals surface area contributed by atoms with E-state index in [1.807, 2.05) is 0 Å². The number of carboxylic acid groups (broad SMARTS) is 1. The van der Waals surface area contributed by atoms with Crippen LogP contribution >= 0.6 is 0 Å². The molecule has 12 heteroatoms. The smallest absolute Gasteiger partial charge is 0.413 e. The van der Waals surface area contributed by atoms with Crippen molar-refractivity contribution in [3.8, 4) is 11.4 Å². The molecule has 0 spiro atoms. The SMILES string of the molecule is Cc1nc(-c2nnn(C)c2N(C(=O)O)C(C)c2cccc(F)c2)ccc1NS(=O)(=O)C(C)C. The first-order chi connectivity index (χ1) is 15.4. The molecule has 2 aromatic heterocycles. The van der Waals surface area contributed by atoms with Crippen LogP contribution in [0.5, 0.6) is 0 Å². The van der Waals surface area contributed by atoms with Gasteiger partial charge in [0.25, 0.3) is 0 Å². The Labute approximate surface area is 191 Å². The van der Waals surface area contributed by atoms with Gasteiger partial charge in [0.15, 0.2) is 11.5 Å². The summed E-state index contributed by atoms with van der Waals surface area (Å²) < 4.78 is 41.9. The highest BCUT2D eigenvalue weighted by atomic mass is 32.2. The number of carbonyl (C=O) groups is 1. The minimum atomic E-state index is -3.56. The van der Waals surface area contributed by atoms with Gasteiger partial charge in [-0.2, -0.15) is 0 Å². The molecule has 1 atom stereocenters. The second-order valence-electron chi connectivity index (χ2n) is 7.79. The maximum absolute atomic E-state index is 13.8. The second kappa shape index (κ2) is 9.14. The first-order valence-electron chi connectivity index (χ1n) is 10.1. The number of halogens is 1. The van der Waals surface area contributed by atoms with E-state index in [1.165, 1.54) is 42.1 Å². The lowest BCUT2D eigenvalue weighted by molar-refractivity contribution is 0.199. The van der Waals surface area contributed by atoms with Gasteiger partial charge in [-0.05, 0) is 57.5 Å². The molecule has 2 N–H and O–H groups in total. The number of nitrogens with one attached hydrogen (secondary N) is 1. The molecular weight excluding hydrogens is 451 g/mol. The lowest BCUT2D eigenvalue weighted by Crippen LogP contribution is -2.34. The predicted octanol–water partition coefficient (Wildman–Crippen LogP) is 3.72. The lowest BCUT2D eigenvalue weighted by Gasteiger charge is -2.27. The molecule has 0 bridgehead atoms. The van der Waals surface area contributed by atoms with Crippen molar-refractivity contribution in [2.24, 2.45) is 7.05 Å². The molecule has 176 valence electrons. The molecule has 33 heavy (non-hydrogen) atoms. The Morgan fingerprint density at radius 1 is 1.21 bits per heavy atom. The predicted molar refractivity (Wildman–Crippen MR) is 122 cm³/mol. The Morgan fingerprint density at radius 3 is 2.48 bits per heavy atom. The molecule has 0 aliphatic rings. The lowest BCUT2D eigenvalue weighted by atomic mass is 10.1. The zero-order chi connectivity index (χ0) is 24.5. The molecule has 10 nitrogen and oxygen atoms in total. The summed E-state index contributed by atoms with van der Waals surface area (Å²) in [4.78, 5) is 17.7. The van der Waals surface area contributed by atoms with Gasteiger partial charge in [-0.3, -0.25) is 9.62 Å². The van der Waals surface area contributed by atoms with Crippen LogP contribution in [-0.2, 0) is 17.1 Å². The van der Waals surface area contributed by atoms with Crippen molar-refractivity contribution in [3.05, 3.63) is 53.5 Å². The van der Waals surface area contributed by atoms with Crippen LogP contribution in [0.2, 0.25) is 0 Å². The van der Waals surface area contributed by atoms with Gasteiger partial charge >= 0.3 is 6.09 Å². The third-order valence-electron chi connectivity index (χ3n) is 5.15. The van der Waals surface area contributed by atoms with Gasteiger partial charge in [0.05, 0.1) is 28.4 Å². The van der Waals surface area contributed by atoms with E-state index in [4.69, 9.17) is 0 Å². The maximum Gasteiger partial charge on any atom is 0.413 e. The Kier molecular flexibility index (Phi) is 6.68. The van der Waals surface area contributed by atoms with Crippen molar-refractivity contribution in [2.45, 2.75) is 39.0 Å². The number of nitrogens with zero attached hydrogens (tertiary/aromatic N) is 5. The highest BCUT2D eigenvalue weighted by Crippen LogP contribution is 2.34. The van der Waals surface area contributed by atoms with E-state index < -0.39 is 33.2 Å². The van der Waals surface area contributed by atoms with Crippen LogP contribution in [-0.4, -0.2) is 44.8 Å². The Hall–Kier alpha value is -3.54. The normalized spacial score (nSPS) is 12.6. The first-order valence-corrected chi connectivity index (χ1v) is 11.6. The fourth-order valence-corrected chi connectivity index (χ4v) is 3.97. The Bertz CT molecular complexity index is 1290. The molecule has 1 amide bonds. The molecule has 1 unspecified atom stereocenters. The fourth-order valence-electron chi connectivity index (χ4n) is 3.22. The Balaban J connectivity index is 2.05. The average Bonchev–Trinajstić information content (AvgIpc) is 3.10. The van der Waals surface area contributed by atoms with Crippen molar-refractivity contribution < 1.29 is 22.7 Å². The molecule has 0 aliphatic heterocycles. The molecule has 2 heterocycles. The average molecular weight is 477 g/mol. The highest BCUT2D eigenvalue weighted by molar-refractivity contribution is 7.93. The van der Waals surface area contributed by atoms with Crippen molar-refractivity contribution in [2.75, 3.05) is 9.62 Å². The van der Waals surface area contributed by atoms with Gasteiger partial charge in [0.1, 0.15) is 5.82 Å². The van der Waals surface area contributed by atoms with E-state index in [1.54, 1.807) is 33.8 Å². The van der Waals surface area contributed by atoms with Crippen LogP contribution in [0, 0.1) is 12.7 Å². The number of sulfonamides is 1. The molecule has 0 radical (unpaired) electrons. The zero-order valence-corrected chi connectivity index (χ0v) is 19.6. The fraction of sp³-hybridized carbons (Fsp3) is 0.333. The monoisotopic (exact) mass is 476 g/mol. The number of rotatable bonds is 7. The number of benzene rings is 1. The van der Waals surface area contributed by atoms with E-state index in [0.29, 0.717) is 22.6 Å². The number of hydrogen-bond donors (Lipinski definition) is 2. The second-order valence-corrected chi connectivity index (χ2v) is 10.0. The Morgan fingerprint density at radius 2 is 1.91 bits per heavy atom. The maximum atomic E-state index is 13.8. The highest BCUT2D eigenvalue weighted by Gasteiger charge is 2.30. The van der Waals surface area contributed by atoms with Gasteiger partial charge in [-0.25, -0.2) is 27.3 Å². The summed E-state index contributed by atoms with van der Waals surface area (Å²) in [5.74, 6) is -0.341. The van der Waals surface area contributed by atoms with Gasteiger partial charge in [0, 0.05) is 7.05 Å². The summed E-state index contributed by atoms with van der Waals surface area (Å²) in [6, 6.07) is 7.99. The molecule has 0 saturated carbocycles. The van der Waals surface area contributed by atoms with E-state index in [9.17, 15) is 22.7 Å². The van der Waals surface area contributed by atoms with E-state index >= 15 is 0 Å². The van der Waals surface area contributed by atoms with Crippen molar-refractivity contribution in [1.82, 2.24) is 20.0 Å². The number of aromatic nitrogens is 4. The van der Waals surface area contributed by atoms with Crippen LogP contribution < -0.4 is 9.62 Å². The number of anilines is 2. The van der Waals surface area contributed by atoms with Gasteiger partial charge in [-0.1, -0.05) is 17.3 Å². The summed E-state index contributed by atoms with van der Waals surface area (Å²) in [5, 5.41) is 17.4. The quantitative estimate of drug-likeness (QED) is 0.531. The van der Waals surface area contributed by atoms with Gasteiger partial charge < -0.3 is 5.11 Å². The molecule has 3 aromatic rings. The minimum Gasteiger partial charge on any atom is -0.465 e. The topological polar surface area (TPSA) is 130 Å². The number of amides is 1. The van der Waals surface area contributed by atoms with Crippen molar-refractivity contribution >= 4 is 27.6 Å². The third-order valence-corrected chi connectivity index (χ3v) is 6.90. The first kappa shape index (κ1) is 24.1. The van der Waals surface area contributed by atoms with Crippen LogP contribution in [0.4, 0.5) is 20.7 Å². The molecular formula is C21H25FN6O4S. The molecule has 3 rings (SSSR count). The summed E-state index contributed by atoms with van der Waals surface area (Å²) in [7, 11) is -2.02. The van der Waals surface area contributed by atoms with E-state index in [0.717, 1.165) is 4.90 Å². The molecule has 0 fully saturated rings. The van der Waals surface area contributed by atoms with Crippen LogP contribution in [0.3, 0.4) is 0 Å². The summed E-state index contributed by atoms with van der Waals surface area (Å²) >= 11 is 0. The van der Waals surface area contributed by atoms with Crippen LogP contribution in [0.15, 0.2) is 36.4 Å². The van der Waals surface area contributed by atoms with Crippen molar-refractivity contribution in [3.63, 3.8) is 0 Å². The summed E-state index contributed by atoms with van der Waals surface area (Å²) in [6.45, 7) is 6.38. The molecule has 0 aliphatic carbocycles. The largest absolute Gasteiger partial charge is 0.465 e. The molecule has 0 saturated heterocycles. The van der Waals surface area contributed by atoms with Crippen LogP contribution in [0.25, 0.3) is 11.4 Å². The third kappa shape index (κ3) is 4.95. The van der Waals surface area contributed by atoms with E-state index in [-0.39, 0.29) is 11.5 Å². The summed E-state index contributed by atoms with van der Waals surface area (Å²) in [6.07, 6.45) is -1.28. The van der Waals surface area contributed by atoms with Crippen LogP contribution in [0.1, 0.15) is 38.1 Å². The summed E-state index contributed by atoms with van der Waals surface area (Å²) in [5.41, 5.74) is 1.63. The number of hydrogen-bond acceptors (Lipinski definition) is 6. The minimum absolute atomic E-state index is 0.140. The zero-order valence-electron chi connectivity index (χ0n) is 18.8. The number of pyridine rings is 1. The standard InChI is InChI=1S/C21H25FN6O4S/c1-12(2)33(31,32)25-17-9-10-18(23-13(17)3)19-20(27(5)26-24-19)28(21(29)30)14(4)15-7-6-8-16(22)11-15/h6-12,14,25H,1-5H3,(H,29,30). The molecule has 1 aromatic carbocycles. The van der Waals surface area contributed by atoms with Gasteiger partial charge in [-0.15, -0.1) is 5.10 Å². The number of aryl methyl sites for hydroxylation is 2.